The molecule has 2 atom stereocenters. The third kappa shape index (κ3) is 3.73. The summed E-state index contributed by atoms with van der Waals surface area (Å²) in [4.78, 5) is 9.04. The van der Waals surface area contributed by atoms with E-state index in [0.717, 1.165) is 0 Å². The van der Waals surface area contributed by atoms with E-state index in [2.05, 4.69) is 0 Å². The van der Waals surface area contributed by atoms with E-state index < -0.39 is 13.5 Å². The van der Waals surface area contributed by atoms with Crippen molar-refractivity contribution < 1.29 is 14.6 Å². The first-order valence-corrected chi connectivity index (χ1v) is 6.30. The van der Waals surface area contributed by atoms with Gasteiger partial charge in [-0.2, -0.15) is 0 Å². The van der Waals surface area contributed by atoms with Crippen LogP contribution in [0.25, 0.3) is 0 Å². The van der Waals surface area contributed by atoms with E-state index in [1.807, 2.05) is 6.07 Å². The zero-order valence-corrected chi connectivity index (χ0v) is 8.32. The molecule has 0 saturated carbocycles. The molecule has 0 aromatic heterocycles. The Kier molecular flexibility index (Phi) is 3.26. The van der Waals surface area contributed by atoms with Crippen LogP contribution in [-0.4, -0.2) is 22.8 Å². The maximum absolute atomic E-state index is 11.0. The Morgan fingerprint density at radius 2 is 1.92 bits per heavy atom. The molecule has 3 nitrogen and oxygen atoms in total. The second kappa shape index (κ2) is 4.05. The molecule has 2 N–H and O–H groups in total. The first-order valence-electron chi connectivity index (χ1n) is 4.01. The molecule has 0 saturated heterocycles. The quantitative estimate of drug-likeness (QED) is 0.729. The van der Waals surface area contributed by atoms with Gasteiger partial charge < -0.3 is 10.00 Å². The van der Waals surface area contributed by atoms with Crippen LogP contribution in [-0.2, 0) is 4.57 Å². The topological polar surface area (TPSA) is 57.5 Å². The maximum atomic E-state index is 11.0. The van der Waals surface area contributed by atoms with Crippen molar-refractivity contribution in [3.63, 3.8) is 0 Å². The van der Waals surface area contributed by atoms with Crippen molar-refractivity contribution in [1.29, 1.82) is 0 Å². The standard InChI is InChI=1S/C9H13O3P/c1-13(11,12)7-9(10)8-5-3-2-4-6-8/h2-6,9-10H,7H2,1H3,(H,11,12)/t9-/m1/s1. The lowest BCUT2D eigenvalue weighted by Crippen LogP contribution is -2.03. The fraction of sp³-hybridized carbons (Fsp3) is 0.333. The van der Waals surface area contributed by atoms with Crippen LogP contribution in [0.5, 0.6) is 0 Å². The molecule has 1 rings (SSSR count). The van der Waals surface area contributed by atoms with E-state index in [0.29, 0.717) is 5.56 Å². The highest BCUT2D eigenvalue weighted by Gasteiger charge is 2.17. The second-order valence-corrected chi connectivity index (χ2v) is 5.63. The van der Waals surface area contributed by atoms with Gasteiger partial charge in [0.2, 0.25) is 7.37 Å². The molecular weight excluding hydrogens is 187 g/mol. The SMILES string of the molecule is CP(=O)(O)C[C@@H](O)c1ccccc1. The van der Waals surface area contributed by atoms with Gasteiger partial charge in [-0.1, -0.05) is 30.3 Å². The number of aliphatic hydroxyl groups is 1. The smallest absolute Gasteiger partial charge is 0.200 e. The Morgan fingerprint density at radius 3 is 2.38 bits per heavy atom. The highest BCUT2D eigenvalue weighted by atomic mass is 31.2. The summed E-state index contributed by atoms with van der Waals surface area (Å²) >= 11 is 0. The lowest BCUT2D eigenvalue weighted by molar-refractivity contribution is 0.198. The zero-order valence-electron chi connectivity index (χ0n) is 7.42. The van der Waals surface area contributed by atoms with Gasteiger partial charge in [-0.3, -0.25) is 4.57 Å². The van der Waals surface area contributed by atoms with Gasteiger partial charge in [-0.15, -0.1) is 0 Å². The molecule has 0 bridgehead atoms. The molecule has 72 valence electrons. The fourth-order valence-electron chi connectivity index (χ4n) is 1.10. The molecule has 0 aliphatic carbocycles. The maximum Gasteiger partial charge on any atom is 0.200 e. The minimum Gasteiger partial charge on any atom is -0.388 e. The normalized spacial score (nSPS) is 17.8. The molecule has 1 aromatic carbocycles. The van der Waals surface area contributed by atoms with E-state index in [1.54, 1.807) is 24.3 Å². The van der Waals surface area contributed by atoms with E-state index >= 15 is 0 Å². The first kappa shape index (κ1) is 10.5. The largest absolute Gasteiger partial charge is 0.388 e. The van der Waals surface area contributed by atoms with Crippen molar-refractivity contribution in [2.45, 2.75) is 6.10 Å². The summed E-state index contributed by atoms with van der Waals surface area (Å²) in [5.74, 6) is 0. The van der Waals surface area contributed by atoms with Gasteiger partial charge in [0.1, 0.15) is 0 Å². The highest BCUT2D eigenvalue weighted by Crippen LogP contribution is 2.39. The third-order valence-corrected chi connectivity index (χ3v) is 2.72. The van der Waals surface area contributed by atoms with Crippen LogP contribution in [0.4, 0.5) is 0 Å². The number of aliphatic hydroxyl groups excluding tert-OH is 1. The number of benzene rings is 1. The van der Waals surface area contributed by atoms with Crippen LogP contribution < -0.4 is 0 Å². The molecule has 0 spiro atoms. The highest BCUT2D eigenvalue weighted by molar-refractivity contribution is 7.57. The Morgan fingerprint density at radius 1 is 1.38 bits per heavy atom. The van der Waals surface area contributed by atoms with Crippen LogP contribution in [0.2, 0.25) is 0 Å². The minimum absolute atomic E-state index is 0.0863. The van der Waals surface area contributed by atoms with Crippen LogP contribution in [0.15, 0.2) is 30.3 Å². The molecule has 0 amide bonds. The lowest BCUT2D eigenvalue weighted by atomic mass is 10.1. The van der Waals surface area contributed by atoms with Crippen LogP contribution >= 0.6 is 7.37 Å². The third-order valence-electron chi connectivity index (χ3n) is 1.70. The van der Waals surface area contributed by atoms with Crippen molar-refractivity contribution in [3.05, 3.63) is 35.9 Å². The summed E-state index contributed by atoms with van der Waals surface area (Å²) in [6, 6.07) is 8.88. The average Bonchev–Trinajstić information content (AvgIpc) is 2.03. The molecule has 0 aliphatic rings. The van der Waals surface area contributed by atoms with Crippen molar-refractivity contribution in [2.75, 3.05) is 12.8 Å². The van der Waals surface area contributed by atoms with E-state index in [-0.39, 0.29) is 6.16 Å². The molecule has 1 aromatic rings. The van der Waals surface area contributed by atoms with Gasteiger partial charge in [0.25, 0.3) is 0 Å². The summed E-state index contributed by atoms with van der Waals surface area (Å²) in [6.07, 6.45) is -0.932. The molecule has 0 radical (unpaired) electrons. The Hall–Kier alpha value is -0.630. The zero-order chi connectivity index (χ0) is 9.90. The van der Waals surface area contributed by atoms with Crippen LogP contribution in [0.1, 0.15) is 11.7 Å². The molecule has 0 fully saturated rings. The van der Waals surface area contributed by atoms with Gasteiger partial charge in [-0.05, 0) is 5.56 Å². The number of hydrogen-bond donors (Lipinski definition) is 2. The minimum atomic E-state index is -3.14. The van der Waals surface area contributed by atoms with Gasteiger partial charge in [0, 0.05) is 6.66 Å². The van der Waals surface area contributed by atoms with Gasteiger partial charge in [0.05, 0.1) is 12.3 Å². The Labute approximate surface area is 77.5 Å². The summed E-state index contributed by atoms with van der Waals surface area (Å²) in [6.45, 7) is 1.25. The van der Waals surface area contributed by atoms with Gasteiger partial charge >= 0.3 is 0 Å². The molecule has 4 heteroatoms. The van der Waals surface area contributed by atoms with Gasteiger partial charge in [0.15, 0.2) is 0 Å². The summed E-state index contributed by atoms with van der Waals surface area (Å²) in [7, 11) is -3.14. The molecule has 13 heavy (non-hydrogen) atoms. The van der Waals surface area contributed by atoms with Gasteiger partial charge in [-0.25, -0.2) is 0 Å². The monoisotopic (exact) mass is 200 g/mol. The van der Waals surface area contributed by atoms with Crippen LogP contribution in [0.3, 0.4) is 0 Å². The van der Waals surface area contributed by atoms with Crippen molar-refractivity contribution in [2.24, 2.45) is 0 Å². The first-order chi connectivity index (χ1) is 5.99. The van der Waals surface area contributed by atoms with Crippen molar-refractivity contribution >= 4 is 7.37 Å². The molecular formula is C9H13O3P. The lowest BCUT2D eigenvalue weighted by Gasteiger charge is -2.12. The fourth-order valence-corrected chi connectivity index (χ4v) is 1.95. The number of rotatable bonds is 3. The van der Waals surface area contributed by atoms with Crippen LogP contribution in [0, 0.1) is 0 Å². The Balaban J connectivity index is 2.70. The second-order valence-electron chi connectivity index (χ2n) is 3.16. The molecule has 0 heterocycles. The van der Waals surface area contributed by atoms with E-state index in [9.17, 15) is 9.67 Å². The van der Waals surface area contributed by atoms with E-state index in [1.165, 1.54) is 6.66 Å². The van der Waals surface area contributed by atoms with Crippen molar-refractivity contribution in [1.82, 2.24) is 0 Å². The number of hydrogen-bond acceptors (Lipinski definition) is 2. The summed E-state index contributed by atoms with van der Waals surface area (Å²) in [5, 5.41) is 9.52. The summed E-state index contributed by atoms with van der Waals surface area (Å²) in [5.41, 5.74) is 0.679. The molecule has 0 aliphatic heterocycles. The molecule has 1 unspecified atom stereocenters. The summed E-state index contributed by atoms with van der Waals surface area (Å²) < 4.78 is 11.0. The predicted octanol–water partition coefficient (Wildman–Crippen LogP) is 1.62. The average molecular weight is 200 g/mol. The predicted molar refractivity (Wildman–Crippen MR) is 52.0 cm³/mol. The van der Waals surface area contributed by atoms with E-state index in [4.69, 9.17) is 4.89 Å². The Bertz CT molecular complexity index is 304. The van der Waals surface area contributed by atoms with Crippen molar-refractivity contribution in [3.8, 4) is 0 Å².